The lowest BCUT2D eigenvalue weighted by Gasteiger charge is -2.45. The van der Waals surface area contributed by atoms with Gasteiger partial charge in [-0.2, -0.15) is 0 Å². The molecule has 0 bridgehead atoms. The van der Waals surface area contributed by atoms with Gasteiger partial charge in [0.1, 0.15) is 6.04 Å². The Morgan fingerprint density at radius 2 is 1.71 bits per heavy atom. The summed E-state index contributed by atoms with van der Waals surface area (Å²) in [5.74, 6) is -0.175. The molecule has 0 aromatic carbocycles. The summed E-state index contributed by atoms with van der Waals surface area (Å²) in [6.45, 7) is 11.1. The second kappa shape index (κ2) is 4.97. The highest BCUT2D eigenvalue weighted by Gasteiger charge is 2.39. The first kappa shape index (κ1) is 14.5. The maximum Gasteiger partial charge on any atom is 0.322 e. The van der Waals surface area contributed by atoms with Crippen molar-refractivity contribution in [3.8, 4) is 0 Å². The minimum Gasteiger partial charge on any atom is -0.468 e. The van der Waals surface area contributed by atoms with Crippen molar-refractivity contribution in [1.29, 1.82) is 0 Å². The third-order valence-corrected chi connectivity index (χ3v) is 3.60. The molecule has 17 heavy (non-hydrogen) atoms. The van der Waals surface area contributed by atoms with E-state index in [1.807, 2.05) is 6.92 Å². The van der Waals surface area contributed by atoms with Crippen LogP contribution < -0.4 is 5.32 Å². The molecule has 1 fully saturated rings. The SMILES string of the molecule is COC(=O)C(C)NC1CC(C)(C)CC(C)(C)C1. The van der Waals surface area contributed by atoms with Gasteiger partial charge in [-0.05, 0) is 37.0 Å². The first-order valence-corrected chi connectivity index (χ1v) is 6.49. The topological polar surface area (TPSA) is 38.3 Å². The Morgan fingerprint density at radius 1 is 1.24 bits per heavy atom. The van der Waals surface area contributed by atoms with E-state index in [2.05, 4.69) is 33.0 Å². The molecular formula is C14H27NO2. The summed E-state index contributed by atoms with van der Waals surface area (Å²) in [7, 11) is 1.44. The third-order valence-electron chi connectivity index (χ3n) is 3.60. The average molecular weight is 241 g/mol. The number of hydrogen-bond donors (Lipinski definition) is 1. The number of methoxy groups -OCH3 is 1. The molecule has 1 saturated carbocycles. The van der Waals surface area contributed by atoms with Gasteiger partial charge in [0.2, 0.25) is 0 Å². The van der Waals surface area contributed by atoms with Crippen molar-refractivity contribution in [3.05, 3.63) is 0 Å². The summed E-state index contributed by atoms with van der Waals surface area (Å²) < 4.78 is 4.76. The Bertz CT molecular complexity index is 268. The van der Waals surface area contributed by atoms with Gasteiger partial charge in [0.05, 0.1) is 7.11 Å². The monoisotopic (exact) mass is 241 g/mol. The molecule has 0 saturated heterocycles. The molecule has 0 heterocycles. The Balaban J connectivity index is 2.62. The summed E-state index contributed by atoms with van der Waals surface area (Å²) in [6, 6.07) is 0.192. The summed E-state index contributed by atoms with van der Waals surface area (Å²) in [4.78, 5) is 11.4. The van der Waals surface area contributed by atoms with Gasteiger partial charge < -0.3 is 10.1 Å². The molecule has 1 N–H and O–H groups in total. The van der Waals surface area contributed by atoms with Crippen LogP contribution in [0.5, 0.6) is 0 Å². The van der Waals surface area contributed by atoms with Crippen LogP contribution in [0.1, 0.15) is 53.9 Å². The molecule has 0 spiro atoms. The van der Waals surface area contributed by atoms with Gasteiger partial charge in [0.25, 0.3) is 0 Å². The minimum atomic E-state index is -0.213. The van der Waals surface area contributed by atoms with Crippen molar-refractivity contribution in [3.63, 3.8) is 0 Å². The molecule has 0 amide bonds. The fourth-order valence-electron chi connectivity index (χ4n) is 3.56. The second-order valence-corrected chi connectivity index (χ2v) is 7.02. The number of carbonyl (C=O) groups excluding carboxylic acids is 1. The highest BCUT2D eigenvalue weighted by Crippen LogP contribution is 2.45. The zero-order chi connectivity index (χ0) is 13.3. The molecule has 1 rings (SSSR count). The first-order chi connectivity index (χ1) is 7.65. The standard InChI is InChI=1S/C14H27NO2/c1-10(12(16)17-6)15-11-7-13(2,3)9-14(4,5)8-11/h10-11,15H,7-9H2,1-6H3. The molecule has 0 aromatic heterocycles. The summed E-state index contributed by atoms with van der Waals surface area (Å²) in [5, 5.41) is 3.41. The summed E-state index contributed by atoms with van der Waals surface area (Å²) >= 11 is 0. The largest absolute Gasteiger partial charge is 0.468 e. The van der Waals surface area contributed by atoms with Crippen molar-refractivity contribution < 1.29 is 9.53 Å². The van der Waals surface area contributed by atoms with Gasteiger partial charge in [0.15, 0.2) is 0 Å². The molecule has 1 aliphatic rings. The smallest absolute Gasteiger partial charge is 0.322 e. The van der Waals surface area contributed by atoms with Crippen LogP contribution in [0.4, 0.5) is 0 Å². The molecule has 3 nitrogen and oxygen atoms in total. The van der Waals surface area contributed by atoms with Crippen LogP contribution in [0.25, 0.3) is 0 Å². The molecule has 1 atom stereocenters. The average Bonchev–Trinajstić information content (AvgIpc) is 2.11. The van der Waals surface area contributed by atoms with E-state index in [1.165, 1.54) is 13.5 Å². The molecule has 0 aromatic rings. The van der Waals surface area contributed by atoms with Gasteiger partial charge in [-0.3, -0.25) is 4.79 Å². The molecule has 0 radical (unpaired) electrons. The van der Waals surface area contributed by atoms with Gasteiger partial charge in [0, 0.05) is 6.04 Å². The summed E-state index contributed by atoms with van der Waals surface area (Å²) in [6.07, 6.45) is 3.49. The molecular weight excluding hydrogens is 214 g/mol. The fourth-order valence-corrected chi connectivity index (χ4v) is 3.56. The van der Waals surface area contributed by atoms with Crippen molar-refractivity contribution in [2.75, 3.05) is 7.11 Å². The Morgan fingerprint density at radius 3 is 2.12 bits per heavy atom. The molecule has 100 valence electrons. The van der Waals surface area contributed by atoms with Gasteiger partial charge in [-0.25, -0.2) is 0 Å². The van der Waals surface area contributed by atoms with Crippen LogP contribution >= 0.6 is 0 Å². The predicted octanol–water partition coefficient (Wildman–Crippen LogP) is 2.74. The molecule has 1 aliphatic carbocycles. The lowest BCUT2D eigenvalue weighted by atomic mass is 9.63. The van der Waals surface area contributed by atoms with Gasteiger partial charge >= 0.3 is 5.97 Å². The van der Waals surface area contributed by atoms with E-state index in [-0.39, 0.29) is 12.0 Å². The van der Waals surface area contributed by atoms with Crippen LogP contribution in [-0.4, -0.2) is 25.2 Å². The van der Waals surface area contributed by atoms with Crippen molar-refractivity contribution in [2.45, 2.75) is 66.0 Å². The number of nitrogens with one attached hydrogen (secondary N) is 1. The number of rotatable bonds is 3. The quantitative estimate of drug-likeness (QED) is 0.772. The number of ether oxygens (including phenoxy) is 1. The molecule has 1 unspecified atom stereocenters. The van der Waals surface area contributed by atoms with Gasteiger partial charge in [-0.15, -0.1) is 0 Å². The van der Waals surface area contributed by atoms with Crippen LogP contribution in [0.2, 0.25) is 0 Å². The lowest BCUT2D eigenvalue weighted by molar-refractivity contribution is -0.143. The van der Waals surface area contributed by atoms with Crippen LogP contribution in [0.3, 0.4) is 0 Å². The Labute approximate surface area is 105 Å². The lowest BCUT2D eigenvalue weighted by Crippen LogP contribution is -2.49. The third kappa shape index (κ3) is 4.30. The predicted molar refractivity (Wildman–Crippen MR) is 69.8 cm³/mol. The second-order valence-electron chi connectivity index (χ2n) is 7.02. The summed E-state index contributed by atoms with van der Waals surface area (Å²) in [5.41, 5.74) is 0.685. The molecule has 0 aliphatic heterocycles. The highest BCUT2D eigenvalue weighted by molar-refractivity contribution is 5.75. The van der Waals surface area contributed by atoms with E-state index in [0.29, 0.717) is 16.9 Å². The van der Waals surface area contributed by atoms with E-state index in [0.717, 1.165) is 12.8 Å². The van der Waals surface area contributed by atoms with Crippen molar-refractivity contribution in [1.82, 2.24) is 5.32 Å². The normalized spacial score (nSPS) is 25.3. The Kier molecular flexibility index (Phi) is 4.23. The highest BCUT2D eigenvalue weighted by atomic mass is 16.5. The zero-order valence-corrected chi connectivity index (χ0v) is 12.1. The van der Waals surface area contributed by atoms with Crippen molar-refractivity contribution >= 4 is 5.97 Å². The van der Waals surface area contributed by atoms with Gasteiger partial charge in [-0.1, -0.05) is 27.7 Å². The maximum atomic E-state index is 11.4. The van der Waals surface area contributed by atoms with E-state index < -0.39 is 0 Å². The van der Waals surface area contributed by atoms with Crippen LogP contribution in [0.15, 0.2) is 0 Å². The maximum absolute atomic E-state index is 11.4. The van der Waals surface area contributed by atoms with Crippen LogP contribution in [0, 0.1) is 10.8 Å². The number of hydrogen-bond acceptors (Lipinski definition) is 3. The van der Waals surface area contributed by atoms with E-state index in [4.69, 9.17) is 4.74 Å². The Hall–Kier alpha value is -0.570. The zero-order valence-electron chi connectivity index (χ0n) is 12.1. The van der Waals surface area contributed by atoms with Crippen LogP contribution in [-0.2, 0) is 9.53 Å². The van der Waals surface area contributed by atoms with E-state index in [9.17, 15) is 4.79 Å². The molecule has 3 heteroatoms. The van der Waals surface area contributed by atoms with Crippen molar-refractivity contribution in [2.24, 2.45) is 10.8 Å². The first-order valence-electron chi connectivity index (χ1n) is 6.49. The van der Waals surface area contributed by atoms with E-state index >= 15 is 0 Å². The fraction of sp³-hybridized carbons (Fsp3) is 0.929. The van der Waals surface area contributed by atoms with E-state index in [1.54, 1.807) is 0 Å². The minimum absolute atomic E-state index is 0.175. The number of carbonyl (C=O) groups is 1. The number of esters is 1.